The lowest BCUT2D eigenvalue weighted by atomic mass is 10.1. The minimum absolute atomic E-state index is 0.0130. The zero-order valence-electron chi connectivity index (χ0n) is 18.2. The molecule has 1 N–H and O–H groups in total. The molecule has 0 aliphatic rings. The molecule has 0 saturated heterocycles. The van der Waals surface area contributed by atoms with Gasteiger partial charge >= 0.3 is 5.69 Å². The van der Waals surface area contributed by atoms with Crippen molar-refractivity contribution in [1.29, 1.82) is 0 Å². The summed E-state index contributed by atoms with van der Waals surface area (Å²) in [6.07, 6.45) is 0. The number of hydrogen-bond donors (Lipinski definition) is 1. The standard InChI is InChI=1S/C22H21N7O4/c1-14(16-9-11-17(12-10-16)29(32)33)24-25-21-23-19-18(20(30)27(3)22(31)26(19)2)28(21)13-15-7-5-4-6-8-15/h4-12H,13H2,1-3H3,(H,23,25)/b24-14+. The minimum atomic E-state index is -0.478. The summed E-state index contributed by atoms with van der Waals surface area (Å²) in [4.78, 5) is 40.2. The smallest absolute Gasteiger partial charge is 0.298 e. The summed E-state index contributed by atoms with van der Waals surface area (Å²) in [7, 11) is 2.98. The molecule has 0 aliphatic heterocycles. The van der Waals surface area contributed by atoms with E-state index in [1.165, 1.54) is 23.7 Å². The van der Waals surface area contributed by atoms with Crippen molar-refractivity contribution < 1.29 is 4.92 Å². The van der Waals surface area contributed by atoms with E-state index in [-0.39, 0.29) is 22.8 Å². The zero-order chi connectivity index (χ0) is 23.7. The van der Waals surface area contributed by atoms with Gasteiger partial charge in [0.05, 0.1) is 17.2 Å². The van der Waals surface area contributed by atoms with Gasteiger partial charge in [-0.15, -0.1) is 0 Å². The molecule has 33 heavy (non-hydrogen) atoms. The van der Waals surface area contributed by atoms with E-state index in [9.17, 15) is 19.7 Å². The van der Waals surface area contributed by atoms with Crippen LogP contribution < -0.4 is 16.7 Å². The average Bonchev–Trinajstić information content (AvgIpc) is 3.18. The molecular formula is C22H21N7O4. The van der Waals surface area contributed by atoms with Crippen LogP contribution in [-0.4, -0.2) is 29.3 Å². The Kier molecular flexibility index (Phi) is 5.61. The third-order valence-electron chi connectivity index (χ3n) is 5.35. The van der Waals surface area contributed by atoms with Crippen molar-refractivity contribution >= 4 is 28.5 Å². The Balaban J connectivity index is 1.80. The second-order valence-corrected chi connectivity index (χ2v) is 7.50. The maximum Gasteiger partial charge on any atom is 0.332 e. The van der Waals surface area contributed by atoms with Gasteiger partial charge in [0.1, 0.15) is 0 Å². The van der Waals surface area contributed by atoms with E-state index in [0.717, 1.165) is 10.1 Å². The van der Waals surface area contributed by atoms with Crippen LogP contribution in [0.1, 0.15) is 18.1 Å². The van der Waals surface area contributed by atoms with Crippen LogP contribution >= 0.6 is 0 Å². The number of rotatable bonds is 6. The number of aromatic nitrogens is 4. The molecular weight excluding hydrogens is 426 g/mol. The van der Waals surface area contributed by atoms with Crippen molar-refractivity contribution in [1.82, 2.24) is 18.7 Å². The van der Waals surface area contributed by atoms with E-state index in [2.05, 4.69) is 15.5 Å². The second-order valence-electron chi connectivity index (χ2n) is 7.50. The highest BCUT2D eigenvalue weighted by Crippen LogP contribution is 2.19. The second kappa shape index (κ2) is 8.54. The average molecular weight is 447 g/mol. The summed E-state index contributed by atoms with van der Waals surface area (Å²) < 4.78 is 4.04. The number of non-ortho nitro benzene ring substituents is 1. The van der Waals surface area contributed by atoms with Crippen molar-refractivity contribution in [3.05, 3.63) is 96.7 Å². The quantitative estimate of drug-likeness (QED) is 0.274. The van der Waals surface area contributed by atoms with E-state index in [4.69, 9.17) is 0 Å². The lowest BCUT2D eigenvalue weighted by Gasteiger charge is -2.10. The monoisotopic (exact) mass is 447 g/mol. The molecule has 2 heterocycles. The summed E-state index contributed by atoms with van der Waals surface area (Å²) in [6, 6.07) is 15.5. The van der Waals surface area contributed by atoms with Crippen molar-refractivity contribution in [2.75, 3.05) is 5.43 Å². The van der Waals surface area contributed by atoms with Gasteiger partial charge in [0, 0.05) is 26.2 Å². The molecule has 0 aliphatic carbocycles. The van der Waals surface area contributed by atoms with Gasteiger partial charge in [0.2, 0.25) is 5.95 Å². The SMILES string of the molecule is C/C(=N\Nc1nc2c(c(=O)n(C)c(=O)n2C)n1Cc1ccccc1)c1ccc([N+](=O)[O-])cc1. The molecule has 11 heteroatoms. The Labute approximate surface area is 187 Å². The number of nitro groups is 1. The molecule has 0 fully saturated rings. The van der Waals surface area contributed by atoms with Crippen LogP contribution in [0.3, 0.4) is 0 Å². The Morgan fingerprint density at radius 1 is 1.06 bits per heavy atom. The maximum atomic E-state index is 12.9. The normalized spacial score (nSPS) is 11.7. The number of benzene rings is 2. The molecule has 2 aromatic carbocycles. The third-order valence-corrected chi connectivity index (χ3v) is 5.35. The number of imidazole rings is 1. The summed E-state index contributed by atoms with van der Waals surface area (Å²) in [6.45, 7) is 2.08. The van der Waals surface area contributed by atoms with Crippen LogP contribution in [0, 0.1) is 10.1 Å². The van der Waals surface area contributed by atoms with E-state index < -0.39 is 16.2 Å². The lowest BCUT2D eigenvalue weighted by Crippen LogP contribution is -2.37. The van der Waals surface area contributed by atoms with Gasteiger partial charge in [-0.2, -0.15) is 10.1 Å². The van der Waals surface area contributed by atoms with Crippen molar-refractivity contribution in [2.45, 2.75) is 13.5 Å². The first-order chi connectivity index (χ1) is 15.8. The molecule has 0 unspecified atom stereocenters. The van der Waals surface area contributed by atoms with Gasteiger partial charge in [-0.25, -0.2) is 10.2 Å². The highest BCUT2D eigenvalue weighted by atomic mass is 16.6. The van der Waals surface area contributed by atoms with Crippen LogP contribution in [0.25, 0.3) is 11.2 Å². The van der Waals surface area contributed by atoms with Gasteiger partial charge in [-0.3, -0.25) is 28.6 Å². The first kappa shape index (κ1) is 21.7. The van der Waals surface area contributed by atoms with Gasteiger partial charge < -0.3 is 0 Å². The van der Waals surface area contributed by atoms with Crippen molar-refractivity contribution in [3.63, 3.8) is 0 Å². The van der Waals surface area contributed by atoms with Crippen LogP contribution in [0.5, 0.6) is 0 Å². The van der Waals surface area contributed by atoms with Crippen LogP contribution in [0.15, 0.2) is 69.3 Å². The molecule has 11 nitrogen and oxygen atoms in total. The highest BCUT2D eigenvalue weighted by Gasteiger charge is 2.19. The lowest BCUT2D eigenvalue weighted by molar-refractivity contribution is -0.384. The summed E-state index contributed by atoms with van der Waals surface area (Å²) in [5, 5.41) is 15.2. The van der Waals surface area contributed by atoms with Gasteiger partial charge in [0.15, 0.2) is 11.2 Å². The number of nitro benzene ring substituents is 1. The Morgan fingerprint density at radius 2 is 1.73 bits per heavy atom. The maximum absolute atomic E-state index is 12.9. The molecule has 0 spiro atoms. The molecule has 0 amide bonds. The molecule has 4 rings (SSSR count). The molecule has 168 valence electrons. The molecule has 0 saturated carbocycles. The Morgan fingerprint density at radius 3 is 2.36 bits per heavy atom. The topological polar surface area (TPSA) is 129 Å². The number of nitrogens with one attached hydrogen (secondary N) is 1. The van der Waals surface area contributed by atoms with Crippen LogP contribution in [0.4, 0.5) is 11.6 Å². The number of hydrogen-bond acceptors (Lipinski definition) is 7. The fourth-order valence-electron chi connectivity index (χ4n) is 3.47. The van der Waals surface area contributed by atoms with Crippen molar-refractivity contribution in [2.24, 2.45) is 19.2 Å². The van der Waals surface area contributed by atoms with Gasteiger partial charge in [-0.05, 0) is 30.2 Å². The molecule has 0 radical (unpaired) electrons. The first-order valence-corrected chi connectivity index (χ1v) is 10.0. The van der Waals surface area contributed by atoms with Crippen LogP contribution in [-0.2, 0) is 20.6 Å². The van der Waals surface area contributed by atoms with Gasteiger partial charge in [0.25, 0.3) is 11.2 Å². The highest BCUT2D eigenvalue weighted by molar-refractivity contribution is 5.99. The largest absolute Gasteiger partial charge is 0.332 e. The van der Waals surface area contributed by atoms with E-state index >= 15 is 0 Å². The molecule has 0 atom stereocenters. The summed E-state index contributed by atoms with van der Waals surface area (Å²) in [5.41, 5.74) is 4.64. The predicted octanol–water partition coefficient (Wildman–Crippen LogP) is 2.23. The van der Waals surface area contributed by atoms with Crippen molar-refractivity contribution in [3.8, 4) is 0 Å². The van der Waals surface area contributed by atoms with E-state index in [1.54, 1.807) is 30.7 Å². The number of fused-ring (bicyclic) bond motifs is 1. The van der Waals surface area contributed by atoms with E-state index in [0.29, 0.717) is 17.8 Å². The molecule has 0 bridgehead atoms. The minimum Gasteiger partial charge on any atom is -0.298 e. The number of nitrogens with zero attached hydrogens (tertiary/aromatic N) is 6. The summed E-state index contributed by atoms with van der Waals surface area (Å²) >= 11 is 0. The number of anilines is 1. The molecule has 4 aromatic rings. The Hall–Kier alpha value is -4.54. The third kappa shape index (κ3) is 4.03. The van der Waals surface area contributed by atoms with E-state index in [1.807, 2.05) is 30.3 Å². The fourth-order valence-corrected chi connectivity index (χ4v) is 3.47. The zero-order valence-corrected chi connectivity index (χ0v) is 18.2. The van der Waals surface area contributed by atoms with Crippen LogP contribution in [0.2, 0.25) is 0 Å². The summed E-state index contributed by atoms with van der Waals surface area (Å²) in [5.74, 6) is 0.286. The Bertz CT molecular complexity index is 1500. The molecule has 2 aromatic heterocycles. The fraction of sp³-hybridized carbons (Fsp3) is 0.182. The van der Waals surface area contributed by atoms with Gasteiger partial charge in [-0.1, -0.05) is 30.3 Å². The number of hydrazone groups is 1. The predicted molar refractivity (Wildman–Crippen MR) is 125 cm³/mol. The number of aryl methyl sites for hydroxylation is 1. The first-order valence-electron chi connectivity index (χ1n) is 10.0.